The number of rotatable bonds is 19. The van der Waals surface area contributed by atoms with Gasteiger partial charge in [-0.3, -0.25) is 0 Å². The third-order valence-electron chi connectivity index (χ3n) is 6.01. The maximum absolute atomic E-state index is 5.70. The van der Waals surface area contributed by atoms with Crippen LogP contribution in [0.5, 0.6) is 0 Å². The molecule has 1 aromatic rings. The van der Waals surface area contributed by atoms with Crippen LogP contribution in [0, 0.1) is 5.41 Å². The van der Waals surface area contributed by atoms with Crippen LogP contribution in [-0.4, -0.2) is 5.88 Å². The molecule has 0 spiro atoms. The number of alkyl halides is 1. The van der Waals surface area contributed by atoms with Gasteiger partial charge in [-0.1, -0.05) is 134 Å². The van der Waals surface area contributed by atoms with Gasteiger partial charge < -0.3 is 6.15 Å². The summed E-state index contributed by atoms with van der Waals surface area (Å²) < 4.78 is 0. The summed E-state index contributed by atoms with van der Waals surface area (Å²) in [6.45, 7) is 4.86. The van der Waals surface area contributed by atoms with E-state index in [1.54, 1.807) is 0 Å². The molecule has 0 heterocycles. The van der Waals surface area contributed by atoms with E-state index < -0.39 is 0 Å². The Morgan fingerprint density at radius 2 is 0.966 bits per heavy atom. The minimum absolute atomic E-state index is 0. The zero-order chi connectivity index (χ0) is 20.3. The first kappa shape index (κ1) is 28.5. The Morgan fingerprint density at radius 3 is 1.38 bits per heavy atom. The van der Waals surface area contributed by atoms with E-state index in [0.29, 0.717) is 5.41 Å². The van der Waals surface area contributed by atoms with E-state index in [2.05, 4.69) is 44.2 Å². The van der Waals surface area contributed by atoms with Crippen molar-refractivity contribution in [3.8, 4) is 0 Å². The van der Waals surface area contributed by atoms with Crippen LogP contribution >= 0.6 is 11.6 Å². The molecule has 0 radical (unpaired) electrons. The van der Waals surface area contributed by atoms with Gasteiger partial charge >= 0.3 is 0 Å². The number of halogens is 1. The van der Waals surface area contributed by atoms with Gasteiger partial charge in [0.25, 0.3) is 0 Å². The van der Waals surface area contributed by atoms with E-state index in [9.17, 15) is 0 Å². The maximum atomic E-state index is 5.70. The molecule has 0 saturated heterocycles. The number of benzene rings is 1. The average molecular weight is 424 g/mol. The van der Waals surface area contributed by atoms with Crippen LogP contribution in [0.3, 0.4) is 0 Å². The Labute approximate surface area is 188 Å². The van der Waals surface area contributed by atoms with Crippen molar-refractivity contribution >= 4 is 11.6 Å². The third-order valence-corrected chi connectivity index (χ3v) is 6.28. The van der Waals surface area contributed by atoms with E-state index in [1.807, 2.05) is 0 Å². The first-order valence-electron chi connectivity index (χ1n) is 12.2. The van der Waals surface area contributed by atoms with E-state index in [-0.39, 0.29) is 6.15 Å². The largest absolute Gasteiger partial charge is 0.344 e. The number of unbranched alkanes of at least 4 members (excludes halogenated alkanes) is 14. The molecular formula is C27H50ClN. The zero-order valence-corrected chi connectivity index (χ0v) is 20.5. The molecule has 0 saturated carbocycles. The van der Waals surface area contributed by atoms with Gasteiger partial charge in [-0.25, -0.2) is 0 Å². The predicted octanol–water partition coefficient (Wildman–Crippen LogP) is 9.90. The Balaban J connectivity index is 0.00000784. The first-order valence-corrected chi connectivity index (χ1v) is 12.8. The van der Waals surface area contributed by atoms with Crippen molar-refractivity contribution in [2.75, 3.05) is 5.88 Å². The summed E-state index contributed by atoms with van der Waals surface area (Å²) in [5, 5.41) is 0. The second-order valence-electron chi connectivity index (χ2n) is 9.57. The molecule has 0 atom stereocenters. The topological polar surface area (TPSA) is 35.0 Å². The third kappa shape index (κ3) is 18.0. The minimum atomic E-state index is 0. The van der Waals surface area contributed by atoms with Crippen molar-refractivity contribution in [2.45, 2.75) is 123 Å². The second kappa shape index (κ2) is 19.4. The molecule has 170 valence electrons. The maximum Gasteiger partial charge on any atom is 0.0223 e. The zero-order valence-electron chi connectivity index (χ0n) is 19.7. The van der Waals surface area contributed by atoms with Crippen LogP contribution in [0.2, 0.25) is 0 Å². The molecular weight excluding hydrogens is 374 g/mol. The molecule has 0 aromatic heterocycles. The molecule has 2 heteroatoms. The highest BCUT2D eigenvalue weighted by Gasteiger charge is 2.17. The molecule has 0 aliphatic rings. The van der Waals surface area contributed by atoms with Crippen LogP contribution in [0.4, 0.5) is 0 Å². The summed E-state index contributed by atoms with van der Waals surface area (Å²) in [5.74, 6) is 0.840. The monoisotopic (exact) mass is 423 g/mol. The summed E-state index contributed by atoms with van der Waals surface area (Å²) in [7, 11) is 0. The first-order chi connectivity index (χ1) is 13.6. The average Bonchev–Trinajstić information content (AvgIpc) is 2.68. The summed E-state index contributed by atoms with van der Waals surface area (Å²) >= 11 is 5.70. The van der Waals surface area contributed by atoms with Crippen molar-refractivity contribution < 1.29 is 0 Å². The molecule has 1 rings (SSSR count). The van der Waals surface area contributed by atoms with Gasteiger partial charge in [-0.15, -0.1) is 11.6 Å². The number of hydrogen-bond acceptors (Lipinski definition) is 1. The van der Waals surface area contributed by atoms with Crippen LogP contribution in [0.25, 0.3) is 0 Å². The molecule has 0 aliphatic heterocycles. The highest BCUT2D eigenvalue weighted by molar-refractivity contribution is 6.17. The van der Waals surface area contributed by atoms with Crippen molar-refractivity contribution in [2.24, 2.45) is 5.41 Å². The standard InChI is InChI=1S/C27H47Cl.H3N/c1-27(2,25-26-21-17-16-18-22-26)23-19-14-12-10-8-6-4-3-5-7-9-11-13-15-20-24-28;/h16-18,21-22H,3-15,19-20,23-25H2,1-2H3;1H3. The molecule has 1 aromatic carbocycles. The Bertz CT molecular complexity index is 443. The van der Waals surface area contributed by atoms with Crippen LogP contribution in [0.1, 0.15) is 122 Å². The SMILES string of the molecule is CC(C)(CCCCCCCCCCCCCCCCCCl)Cc1ccccc1.N. The fourth-order valence-electron chi connectivity index (χ4n) is 4.23. The quantitative estimate of drug-likeness (QED) is 0.174. The molecule has 3 N–H and O–H groups in total. The van der Waals surface area contributed by atoms with E-state index in [0.717, 1.165) is 5.88 Å². The normalized spacial score (nSPS) is 11.4. The van der Waals surface area contributed by atoms with Crippen molar-refractivity contribution in [1.82, 2.24) is 6.15 Å². The van der Waals surface area contributed by atoms with Gasteiger partial charge in [0.05, 0.1) is 0 Å². The second-order valence-corrected chi connectivity index (χ2v) is 9.95. The van der Waals surface area contributed by atoms with Crippen LogP contribution in [-0.2, 0) is 6.42 Å². The molecule has 0 fully saturated rings. The van der Waals surface area contributed by atoms with Gasteiger partial charge in [0.1, 0.15) is 0 Å². The van der Waals surface area contributed by atoms with E-state index >= 15 is 0 Å². The minimum Gasteiger partial charge on any atom is -0.344 e. The summed E-state index contributed by atoms with van der Waals surface area (Å²) in [6, 6.07) is 11.0. The van der Waals surface area contributed by atoms with E-state index in [4.69, 9.17) is 11.6 Å². The van der Waals surface area contributed by atoms with E-state index in [1.165, 1.54) is 115 Å². The van der Waals surface area contributed by atoms with Crippen LogP contribution < -0.4 is 6.15 Å². The van der Waals surface area contributed by atoms with Crippen molar-refractivity contribution in [3.05, 3.63) is 35.9 Å². The van der Waals surface area contributed by atoms with Gasteiger partial charge in [0.2, 0.25) is 0 Å². The molecule has 1 nitrogen and oxygen atoms in total. The Hall–Kier alpha value is -0.530. The van der Waals surface area contributed by atoms with Gasteiger partial charge in [-0.05, 0) is 30.2 Å². The molecule has 0 unspecified atom stereocenters. The summed E-state index contributed by atoms with van der Waals surface area (Å²) in [6.07, 6.45) is 23.7. The van der Waals surface area contributed by atoms with Crippen molar-refractivity contribution in [3.63, 3.8) is 0 Å². The number of hydrogen-bond donors (Lipinski definition) is 1. The van der Waals surface area contributed by atoms with Gasteiger partial charge in [0.15, 0.2) is 0 Å². The highest BCUT2D eigenvalue weighted by atomic mass is 35.5. The summed E-state index contributed by atoms with van der Waals surface area (Å²) in [5.41, 5.74) is 1.92. The molecule has 0 amide bonds. The summed E-state index contributed by atoms with van der Waals surface area (Å²) in [4.78, 5) is 0. The Morgan fingerprint density at radius 1 is 0.586 bits per heavy atom. The molecule has 0 bridgehead atoms. The fourth-order valence-corrected chi connectivity index (χ4v) is 4.42. The van der Waals surface area contributed by atoms with Gasteiger partial charge in [-0.2, -0.15) is 0 Å². The van der Waals surface area contributed by atoms with Gasteiger partial charge in [0, 0.05) is 5.88 Å². The smallest absolute Gasteiger partial charge is 0.0223 e. The predicted molar refractivity (Wildman–Crippen MR) is 134 cm³/mol. The molecule has 29 heavy (non-hydrogen) atoms. The highest BCUT2D eigenvalue weighted by Crippen LogP contribution is 2.28. The lowest BCUT2D eigenvalue weighted by Crippen LogP contribution is -2.14. The lowest BCUT2D eigenvalue weighted by Gasteiger charge is -2.24. The molecule has 0 aliphatic carbocycles. The van der Waals surface area contributed by atoms with Crippen LogP contribution in [0.15, 0.2) is 30.3 Å². The Kier molecular flexibility index (Phi) is 19.1. The van der Waals surface area contributed by atoms with Crippen molar-refractivity contribution in [1.29, 1.82) is 0 Å². The fraction of sp³-hybridized carbons (Fsp3) is 0.778. The lowest BCUT2D eigenvalue weighted by molar-refractivity contribution is 0.316. The lowest BCUT2D eigenvalue weighted by atomic mass is 9.81.